The maximum absolute atomic E-state index is 12.9. The molecular weight excluding hydrogens is 428 g/mol. The average Bonchev–Trinajstić information content (AvgIpc) is 3.39. The van der Waals surface area contributed by atoms with Gasteiger partial charge in [-0.3, -0.25) is 4.18 Å². The van der Waals surface area contributed by atoms with Crippen LogP contribution in [-0.4, -0.2) is 40.6 Å². The fourth-order valence-electron chi connectivity index (χ4n) is 5.37. The standard InChI is InChI=1S/C24H38O5SSi/c1-17-10-12-18(13-11-17)30(25,26)28-19-14-16-23(5)20(29-31(6,7)22(2,3)4)9-8-15-24(23)21(19)27-24/h10-13,19-21H,8-9,14-16H2,1-7H3/t19-,20+,21-,23-,24-/m1/s1. The lowest BCUT2D eigenvalue weighted by molar-refractivity contribution is -0.0668. The lowest BCUT2D eigenvalue weighted by Gasteiger charge is -2.52. The Hall–Kier alpha value is -0.733. The van der Waals surface area contributed by atoms with E-state index < -0.39 is 24.5 Å². The quantitative estimate of drug-likeness (QED) is 0.322. The number of epoxide rings is 1. The molecule has 1 saturated heterocycles. The van der Waals surface area contributed by atoms with Crippen molar-refractivity contribution in [1.29, 1.82) is 0 Å². The molecule has 0 bridgehead atoms. The summed E-state index contributed by atoms with van der Waals surface area (Å²) >= 11 is 0. The molecular formula is C24H38O5SSi. The van der Waals surface area contributed by atoms with Crippen LogP contribution in [0.2, 0.25) is 18.1 Å². The Morgan fingerprint density at radius 2 is 1.74 bits per heavy atom. The molecule has 1 aromatic carbocycles. The number of hydrogen-bond acceptors (Lipinski definition) is 5. The van der Waals surface area contributed by atoms with Gasteiger partial charge < -0.3 is 9.16 Å². The molecule has 1 aromatic rings. The first kappa shape index (κ1) is 23.4. The largest absolute Gasteiger partial charge is 0.413 e. The molecule has 0 N–H and O–H groups in total. The van der Waals surface area contributed by atoms with Gasteiger partial charge in [-0.25, -0.2) is 0 Å². The third-order valence-electron chi connectivity index (χ3n) is 8.52. The summed E-state index contributed by atoms with van der Waals surface area (Å²) in [4.78, 5) is 0.212. The van der Waals surface area contributed by atoms with Crippen LogP contribution >= 0.6 is 0 Å². The van der Waals surface area contributed by atoms with Crippen molar-refractivity contribution in [2.75, 3.05) is 0 Å². The van der Waals surface area contributed by atoms with Crippen LogP contribution in [0.25, 0.3) is 0 Å². The van der Waals surface area contributed by atoms with E-state index in [0.717, 1.165) is 31.2 Å². The van der Waals surface area contributed by atoms with Crippen molar-refractivity contribution >= 4 is 18.4 Å². The summed E-state index contributed by atoms with van der Waals surface area (Å²) in [5, 5.41) is 0.153. The number of aryl methyl sites for hydroxylation is 1. The normalized spacial score (nSPS) is 35.9. The zero-order valence-corrected chi connectivity index (χ0v) is 21.8. The zero-order valence-electron chi connectivity index (χ0n) is 20.0. The summed E-state index contributed by atoms with van der Waals surface area (Å²) in [6.45, 7) is 15.7. The van der Waals surface area contributed by atoms with Gasteiger partial charge in [0.25, 0.3) is 10.1 Å². The van der Waals surface area contributed by atoms with Gasteiger partial charge in [0.1, 0.15) is 17.8 Å². The molecule has 5 nitrogen and oxygen atoms in total. The summed E-state index contributed by atoms with van der Waals surface area (Å²) in [7, 11) is -5.73. The van der Waals surface area contributed by atoms with Crippen LogP contribution in [-0.2, 0) is 23.5 Å². The third-order valence-corrected chi connectivity index (χ3v) is 14.4. The van der Waals surface area contributed by atoms with Crippen LogP contribution in [0.15, 0.2) is 29.2 Å². The highest BCUT2D eigenvalue weighted by atomic mass is 32.2. The lowest BCUT2D eigenvalue weighted by Crippen LogP contribution is -2.58. The molecule has 5 atom stereocenters. The van der Waals surface area contributed by atoms with Gasteiger partial charge in [-0.2, -0.15) is 8.42 Å². The van der Waals surface area contributed by atoms with Crippen LogP contribution in [0.5, 0.6) is 0 Å². The molecule has 174 valence electrons. The molecule has 1 aliphatic heterocycles. The summed E-state index contributed by atoms with van der Waals surface area (Å²) in [6, 6.07) is 6.83. The Morgan fingerprint density at radius 1 is 1.10 bits per heavy atom. The van der Waals surface area contributed by atoms with Crippen LogP contribution in [0, 0.1) is 12.3 Å². The fourth-order valence-corrected chi connectivity index (χ4v) is 7.91. The highest BCUT2D eigenvalue weighted by molar-refractivity contribution is 7.86. The number of hydrogen-bond donors (Lipinski definition) is 0. The van der Waals surface area contributed by atoms with Crippen LogP contribution in [0.4, 0.5) is 0 Å². The van der Waals surface area contributed by atoms with E-state index >= 15 is 0 Å². The lowest BCUT2D eigenvalue weighted by atomic mass is 9.58. The van der Waals surface area contributed by atoms with E-state index in [1.807, 2.05) is 6.92 Å². The van der Waals surface area contributed by atoms with Gasteiger partial charge in [0.2, 0.25) is 0 Å². The molecule has 0 amide bonds. The van der Waals surface area contributed by atoms with E-state index in [-0.39, 0.29) is 33.2 Å². The second-order valence-electron chi connectivity index (χ2n) is 11.5. The highest BCUT2D eigenvalue weighted by Crippen LogP contribution is 2.66. The third kappa shape index (κ3) is 3.84. The molecule has 31 heavy (non-hydrogen) atoms. The van der Waals surface area contributed by atoms with E-state index in [1.165, 1.54) is 0 Å². The smallest absolute Gasteiger partial charge is 0.297 e. The Kier molecular flexibility index (Phi) is 5.58. The van der Waals surface area contributed by atoms with Crippen molar-refractivity contribution < 1.29 is 21.8 Å². The zero-order chi connectivity index (χ0) is 22.9. The van der Waals surface area contributed by atoms with Crippen molar-refractivity contribution in [3.8, 4) is 0 Å². The van der Waals surface area contributed by atoms with E-state index in [1.54, 1.807) is 24.3 Å². The Labute approximate surface area is 189 Å². The molecule has 7 heteroatoms. The number of benzene rings is 1. The molecule has 2 aliphatic carbocycles. The summed E-state index contributed by atoms with van der Waals surface area (Å²) in [6.07, 6.45) is 4.14. The first-order valence-electron chi connectivity index (χ1n) is 11.6. The predicted molar refractivity (Wildman–Crippen MR) is 124 cm³/mol. The first-order chi connectivity index (χ1) is 14.2. The van der Waals surface area contributed by atoms with Gasteiger partial charge in [-0.15, -0.1) is 0 Å². The molecule has 4 rings (SSSR count). The van der Waals surface area contributed by atoms with Crippen molar-refractivity contribution in [1.82, 2.24) is 0 Å². The Morgan fingerprint density at radius 3 is 2.35 bits per heavy atom. The molecule has 0 radical (unpaired) electrons. The van der Waals surface area contributed by atoms with Gasteiger partial charge in [0, 0.05) is 5.41 Å². The summed E-state index contributed by atoms with van der Waals surface area (Å²) < 4.78 is 44.8. The van der Waals surface area contributed by atoms with Crippen molar-refractivity contribution in [3.05, 3.63) is 29.8 Å². The minimum atomic E-state index is -3.81. The van der Waals surface area contributed by atoms with Gasteiger partial charge in [-0.1, -0.05) is 45.4 Å². The molecule has 0 unspecified atom stereocenters. The SMILES string of the molecule is Cc1ccc(S(=O)(=O)O[C@@H]2CC[C@]3(C)[C@@H](O[Si](C)(C)C(C)(C)C)CCC[C@]34O[C@H]24)cc1. The van der Waals surface area contributed by atoms with Gasteiger partial charge in [-0.05, 0) is 69.3 Å². The minimum Gasteiger partial charge on any atom is -0.413 e. The van der Waals surface area contributed by atoms with Gasteiger partial charge in [0.05, 0.1) is 11.0 Å². The van der Waals surface area contributed by atoms with E-state index in [4.69, 9.17) is 13.3 Å². The fraction of sp³-hybridized carbons (Fsp3) is 0.750. The van der Waals surface area contributed by atoms with Gasteiger partial charge >= 0.3 is 0 Å². The molecule has 1 spiro atoms. The van der Waals surface area contributed by atoms with Crippen molar-refractivity contribution in [3.63, 3.8) is 0 Å². The predicted octanol–water partition coefficient (Wildman–Crippen LogP) is 5.58. The Bertz CT molecular complexity index is 936. The average molecular weight is 467 g/mol. The topological polar surface area (TPSA) is 65.1 Å². The van der Waals surface area contributed by atoms with Crippen molar-refractivity contribution in [2.24, 2.45) is 5.41 Å². The molecule has 3 aliphatic rings. The summed E-state index contributed by atoms with van der Waals surface area (Å²) in [5.41, 5.74) is 0.606. The van der Waals surface area contributed by atoms with E-state index in [0.29, 0.717) is 6.42 Å². The van der Waals surface area contributed by atoms with E-state index in [2.05, 4.69) is 40.8 Å². The Balaban J connectivity index is 1.52. The first-order valence-corrected chi connectivity index (χ1v) is 15.9. The van der Waals surface area contributed by atoms with Crippen LogP contribution in [0.1, 0.15) is 65.4 Å². The molecule has 2 saturated carbocycles. The summed E-state index contributed by atoms with van der Waals surface area (Å²) in [5.74, 6) is 0. The minimum absolute atomic E-state index is 0.0983. The van der Waals surface area contributed by atoms with Crippen LogP contribution < -0.4 is 0 Å². The monoisotopic (exact) mass is 466 g/mol. The number of ether oxygens (including phenoxy) is 1. The second-order valence-corrected chi connectivity index (χ2v) is 17.9. The maximum Gasteiger partial charge on any atom is 0.297 e. The number of rotatable bonds is 5. The van der Waals surface area contributed by atoms with Crippen LogP contribution in [0.3, 0.4) is 0 Å². The maximum atomic E-state index is 12.9. The molecule has 1 heterocycles. The molecule has 3 fully saturated rings. The van der Waals surface area contributed by atoms with E-state index in [9.17, 15) is 8.42 Å². The molecule has 0 aromatic heterocycles. The van der Waals surface area contributed by atoms with Crippen molar-refractivity contribution in [2.45, 2.75) is 114 Å². The van der Waals surface area contributed by atoms with Gasteiger partial charge in [0.15, 0.2) is 8.32 Å². The second kappa shape index (κ2) is 7.39. The highest BCUT2D eigenvalue weighted by Gasteiger charge is 2.75.